The molecule has 37 heavy (non-hydrogen) atoms. The van der Waals surface area contributed by atoms with E-state index in [1.54, 1.807) is 0 Å². The Balaban J connectivity index is 1.65. The van der Waals surface area contributed by atoms with E-state index >= 15 is 0 Å². The molecular formula is C28H34FN3O5. The van der Waals surface area contributed by atoms with Crippen molar-refractivity contribution in [1.29, 1.82) is 0 Å². The number of nitrogens with zero attached hydrogens (tertiary/aromatic N) is 2. The van der Waals surface area contributed by atoms with Crippen LogP contribution in [0.1, 0.15) is 28.0 Å². The van der Waals surface area contributed by atoms with Gasteiger partial charge in [0.25, 0.3) is 5.91 Å². The second-order valence-corrected chi connectivity index (χ2v) is 9.16. The van der Waals surface area contributed by atoms with E-state index < -0.39 is 23.7 Å². The fraction of sp³-hybridized carbons (Fsp3) is 0.429. The lowest BCUT2D eigenvalue weighted by molar-refractivity contribution is -0.142. The number of rotatable bonds is 10. The molecule has 1 fully saturated rings. The van der Waals surface area contributed by atoms with E-state index in [2.05, 4.69) is 10.2 Å². The summed E-state index contributed by atoms with van der Waals surface area (Å²) in [6.45, 7) is 6.59. The third-order valence-electron chi connectivity index (χ3n) is 6.83. The van der Waals surface area contributed by atoms with Crippen molar-refractivity contribution in [3.8, 4) is 5.75 Å². The minimum Gasteiger partial charge on any atom is -0.494 e. The zero-order valence-corrected chi connectivity index (χ0v) is 21.6. The minimum atomic E-state index is -0.894. The second kappa shape index (κ2) is 12.2. The molecule has 4 rings (SSSR count). The lowest BCUT2D eigenvalue weighted by Gasteiger charge is -2.26. The van der Waals surface area contributed by atoms with Gasteiger partial charge in [-0.15, -0.1) is 0 Å². The summed E-state index contributed by atoms with van der Waals surface area (Å²) < 4.78 is 32.5. The molecule has 1 saturated heterocycles. The Morgan fingerprint density at radius 1 is 1.11 bits per heavy atom. The van der Waals surface area contributed by atoms with Gasteiger partial charge in [0.2, 0.25) is 0 Å². The molecule has 9 heteroatoms. The van der Waals surface area contributed by atoms with Crippen LogP contribution in [0.3, 0.4) is 0 Å². The van der Waals surface area contributed by atoms with Crippen LogP contribution in [0.4, 0.5) is 4.39 Å². The number of nitrogens with one attached hydrogen (secondary N) is 1. The number of methoxy groups -OCH3 is 2. The summed E-state index contributed by atoms with van der Waals surface area (Å²) in [5.74, 6) is -1.16. The number of ether oxygens (including phenoxy) is 3. The van der Waals surface area contributed by atoms with Crippen molar-refractivity contribution in [2.75, 3.05) is 47.1 Å². The van der Waals surface area contributed by atoms with E-state index in [1.165, 1.54) is 26.4 Å². The van der Waals surface area contributed by atoms with Crippen molar-refractivity contribution < 1.29 is 28.2 Å². The van der Waals surface area contributed by atoms with Gasteiger partial charge in [-0.25, -0.2) is 9.18 Å². The lowest BCUT2D eigenvalue weighted by Crippen LogP contribution is -2.43. The Labute approximate surface area is 216 Å². The first-order valence-corrected chi connectivity index (χ1v) is 12.5. The summed E-state index contributed by atoms with van der Waals surface area (Å²) >= 11 is 0. The number of morpholine rings is 1. The zero-order chi connectivity index (χ0) is 26.4. The van der Waals surface area contributed by atoms with E-state index in [1.807, 2.05) is 41.8 Å². The summed E-state index contributed by atoms with van der Waals surface area (Å²) in [6.07, 6.45) is 1.11. The van der Waals surface area contributed by atoms with Gasteiger partial charge in [-0.3, -0.25) is 9.69 Å². The van der Waals surface area contributed by atoms with Crippen molar-refractivity contribution in [2.24, 2.45) is 0 Å². The molecule has 1 aliphatic heterocycles. The van der Waals surface area contributed by atoms with Crippen LogP contribution in [-0.4, -0.2) is 74.5 Å². The molecule has 198 valence electrons. The highest BCUT2D eigenvalue weighted by atomic mass is 19.1. The SMILES string of the molecule is COC(=O)[C@H](Cc1ccccc1)NC(=O)c1c(C)n(CCCN2CCOCC2)c2c(OC)cc(F)cc12. The zero-order valence-electron chi connectivity index (χ0n) is 21.6. The molecule has 0 saturated carbocycles. The fourth-order valence-corrected chi connectivity index (χ4v) is 4.96. The molecule has 2 aromatic carbocycles. The van der Waals surface area contributed by atoms with Gasteiger partial charge in [0.15, 0.2) is 0 Å². The number of hydrogen-bond donors (Lipinski definition) is 1. The number of hydrogen-bond acceptors (Lipinski definition) is 6. The molecule has 8 nitrogen and oxygen atoms in total. The maximum absolute atomic E-state index is 14.6. The maximum Gasteiger partial charge on any atom is 0.328 e. The average Bonchev–Trinajstić information content (AvgIpc) is 3.19. The molecule has 1 N–H and O–H groups in total. The number of amides is 1. The molecule has 0 radical (unpaired) electrons. The molecule has 0 spiro atoms. The fourth-order valence-electron chi connectivity index (χ4n) is 4.96. The summed E-state index contributed by atoms with van der Waals surface area (Å²) in [4.78, 5) is 28.5. The number of carbonyl (C=O) groups excluding carboxylic acids is 2. The lowest BCUT2D eigenvalue weighted by atomic mass is 10.0. The third-order valence-corrected chi connectivity index (χ3v) is 6.83. The van der Waals surface area contributed by atoms with Gasteiger partial charge < -0.3 is 24.1 Å². The van der Waals surface area contributed by atoms with E-state index in [0.717, 1.165) is 44.8 Å². The Bertz CT molecular complexity index is 1240. The van der Waals surface area contributed by atoms with Crippen molar-refractivity contribution in [3.05, 3.63) is 65.1 Å². The Kier molecular flexibility index (Phi) is 8.78. The van der Waals surface area contributed by atoms with E-state index in [-0.39, 0.29) is 6.42 Å². The van der Waals surface area contributed by atoms with Crippen LogP contribution in [0, 0.1) is 12.7 Å². The van der Waals surface area contributed by atoms with E-state index in [9.17, 15) is 14.0 Å². The van der Waals surface area contributed by atoms with Crippen molar-refractivity contribution in [1.82, 2.24) is 14.8 Å². The van der Waals surface area contributed by atoms with Crippen LogP contribution in [0.25, 0.3) is 10.9 Å². The topological polar surface area (TPSA) is 82.0 Å². The van der Waals surface area contributed by atoms with Crippen molar-refractivity contribution in [3.63, 3.8) is 0 Å². The largest absolute Gasteiger partial charge is 0.494 e. The third kappa shape index (κ3) is 6.11. The van der Waals surface area contributed by atoms with Crippen LogP contribution in [0.2, 0.25) is 0 Å². The molecule has 0 unspecified atom stereocenters. The minimum absolute atomic E-state index is 0.272. The normalized spacial score (nSPS) is 14.9. The number of aryl methyl sites for hydroxylation is 1. The van der Waals surface area contributed by atoms with Gasteiger partial charge in [-0.2, -0.15) is 0 Å². The first-order valence-electron chi connectivity index (χ1n) is 12.5. The summed E-state index contributed by atoms with van der Waals surface area (Å²) in [5.41, 5.74) is 2.54. The number of carbonyl (C=O) groups is 2. The first-order chi connectivity index (χ1) is 17.9. The highest BCUT2D eigenvalue weighted by Gasteiger charge is 2.28. The number of fused-ring (bicyclic) bond motifs is 1. The number of halogens is 1. The van der Waals surface area contributed by atoms with Gasteiger partial charge in [-0.05, 0) is 25.0 Å². The second-order valence-electron chi connectivity index (χ2n) is 9.16. The number of aromatic nitrogens is 1. The monoisotopic (exact) mass is 511 g/mol. The predicted molar refractivity (Wildman–Crippen MR) is 138 cm³/mol. The van der Waals surface area contributed by atoms with E-state index in [0.29, 0.717) is 34.5 Å². The molecule has 0 bridgehead atoms. The Morgan fingerprint density at radius 3 is 2.51 bits per heavy atom. The van der Waals surface area contributed by atoms with Gasteiger partial charge in [0, 0.05) is 49.7 Å². The van der Waals surface area contributed by atoms with Gasteiger partial charge in [0.05, 0.1) is 38.5 Å². The quantitative estimate of drug-likeness (QED) is 0.421. The predicted octanol–water partition coefficient (Wildman–Crippen LogP) is 3.33. The Morgan fingerprint density at radius 2 is 1.84 bits per heavy atom. The average molecular weight is 512 g/mol. The maximum atomic E-state index is 14.6. The van der Waals surface area contributed by atoms with Crippen LogP contribution in [0.15, 0.2) is 42.5 Å². The van der Waals surface area contributed by atoms with Crippen LogP contribution in [-0.2, 0) is 27.2 Å². The smallest absolute Gasteiger partial charge is 0.328 e. The first kappa shape index (κ1) is 26.6. The van der Waals surface area contributed by atoms with Crippen LogP contribution >= 0.6 is 0 Å². The highest BCUT2D eigenvalue weighted by molar-refractivity contribution is 6.10. The summed E-state index contributed by atoms with van der Waals surface area (Å²) in [7, 11) is 2.78. The van der Waals surface area contributed by atoms with Crippen LogP contribution in [0.5, 0.6) is 5.75 Å². The molecular weight excluding hydrogens is 477 g/mol. The van der Waals surface area contributed by atoms with Crippen LogP contribution < -0.4 is 10.1 Å². The molecule has 1 atom stereocenters. The number of benzene rings is 2. The molecule has 1 aromatic heterocycles. The van der Waals surface area contributed by atoms with E-state index in [4.69, 9.17) is 14.2 Å². The molecule has 0 aliphatic carbocycles. The molecule has 1 amide bonds. The van der Waals surface area contributed by atoms with Crippen molar-refractivity contribution >= 4 is 22.8 Å². The summed E-state index contributed by atoms with van der Waals surface area (Å²) in [5, 5.41) is 3.28. The van der Waals surface area contributed by atoms with Gasteiger partial charge in [0.1, 0.15) is 17.6 Å². The molecule has 3 aromatic rings. The molecule has 1 aliphatic rings. The number of esters is 1. The summed E-state index contributed by atoms with van der Waals surface area (Å²) in [6, 6.07) is 11.2. The Hall–Kier alpha value is -3.43. The highest BCUT2D eigenvalue weighted by Crippen LogP contribution is 2.34. The van der Waals surface area contributed by atoms with Crippen molar-refractivity contribution in [2.45, 2.75) is 32.4 Å². The van der Waals surface area contributed by atoms with Gasteiger partial charge >= 0.3 is 5.97 Å². The van der Waals surface area contributed by atoms with Gasteiger partial charge in [-0.1, -0.05) is 30.3 Å². The standard InChI is InChI=1S/C28H34FN3O5/c1-19-25(27(33)30-23(28(34)36-3)16-20-8-5-4-6-9-20)22-17-21(29)18-24(35-2)26(22)32(19)11-7-10-31-12-14-37-15-13-31/h4-6,8-9,17-18,23H,7,10-16H2,1-3H3,(H,30,33)/t23-/m0/s1. The molecule has 2 heterocycles.